The molecule has 3 aliphatic heterocycles. The van der Waals surface area contributed by atoms with E-state index in [1.807, 2.05) is 4.90 Å². The van der Waals surface area contributed by atoms with E-state index in [4.69, 9.17) is 9.47 Å². The van der Waals surface area contributed by atoms with Crippen LogP contribution in [0.3, 0.4) is 0 Å². The van der Waals surface area contributed by atoms with Gasteiger partial charge >= 0.3 is 0 Å². The SMILES string of the molecule is CS(=O)(=O)N[C@H]1CCO[C@]2(CCN(C(=O)C3CCOCC3)C2)C1. The van der Waals surface area contributed by atoms with E-state index in [0.29, 0.717) is 45.8 Å². The van der Waals surface area contributed by atoms with E-state index in [2.05, 4.69) is 4.72 Å². The van der Waals surface area contributed by atoms with E-state index < -0.39 is 10.0 Å². The maximum atomic E-state index is 12.6. The van der Waals surface area contributed by atoms with E-state index in [1.165, 1.54) is 6.26 Å². The summed E-state index contributed by atoms with van der Waals surface area (Å²) in [6, 6.07) is -0.100. The van der Waals surface area contributed by atoms with E-state index >= 15 is 0 Å². The second-order valence-electron chi connectivity index (χ2n) is 7.01. The van der Waals surface area contributed by atoms with Gasteiger partial charge in [0.05, 0.1) is 11.9 Å². The van der Waals surface area contributed by atoms with Gasteiger partial charge in [0.15, 0.2) is 0 Å². The third kappa shape index (κ3) is 4.23. The van der Waals surface area contributed by atoms with Crippen molar-refractivity contribution in [1.82, 2.24) is 9.62 Å². The number of hydrogen-bond acceptors (Lipinski definition) is 5. The van der Waals surface area contributed by atoms with Crippen molar-refractivity contribution < 1.29 is 22.7 Å². The zero-order chi connectivity index (χ0) is 16.5. The van der Waals surface area contributed by atoms with Gasteiger partial charge in [0.2, 0.25) is 15.9 Å². The lowest BCUT2D eigenvalue weighted by atomic mass is 9.90. The minimum absolute atomic E-state index is 0.0624. The Morgan fingerprint density at radius 1 is 1.22 bits per heavy atom. The van der Waals surface area contributed by atoms with Crippen LogP contribution in [0.2, 0.25) is 0 Å². The topological polar surface area (TPSA) is 84.9 Å². The van der Waals surface area contributed by atoms with Crippen LogP contribution in [-0.4, -0.2) is 70.0 Å². The van der Waals surface area contributed by atoms with E-state index in [9.17, 15) is 13.2 Å². The number of carbonyl (C=O) groups excluding carboxylic acids is 1. The zero-order valence-electron chi connectivity index (χ0n) is 13.6. The number of nitrogens with zero attached hydrogens (tertiary/aromatic N) is 1. The molecular formula is C15H26N2O5S. The highest BCUT2D eigenvalue weighted by Crippen LogP contribution is 2.35. The molecule has 0 radical (unpaired) electrons. The van der Waals surface area contributed by atoms with Gasteiger partial charge in [-0.15, -0.1) is 0 Å². The molecule has 132 valence electrons. The fourth-order valence-electron chi connectivity index (χ4n) is 3.95. The van der Waals surface area contributed by atoms with Crippen molar-refractivity contribution in [2.75, 3.05) is 39.2 Å². The van der Waals surface area contributed by atoms with Crippen LogP contribution in [0.25, 0.3) is 0 Å². The van der Waals surface area contributed by atoms with Gasteiger partial charge in [-0.1, -0.05) is 0 Å². The minimum atomic E-state index is -3.22. The summed E-state index contributed by atoms with van der Waals surface area (Å²) in [5.74, 6) is 0.263. The Kier molecular flexibility index (Phi) is 4.96. The number of ether oxygens (including phenoxy) is 2. The third-order valence-electron chi connectivity index (χ3n) is 5.07. The van der Waals surface area contributed by atoms with Crippen molar-refractivity contribution >= 4 is 15.9 Å². The van der Waals surface area contributed by atoms with Crippen LogP contribution in [0, 0.1) is 5.92 Å². The average molecular weight is 346 g/mol. The van der Waals surface area contributed by atoms with Gasteiger partial charge in [0.1, 0.15) is 0 Å². The molecule has 0 unspecified atom stereocenters. The van der Waals surface area contributed by atoms with Gasteiger partial charge in [0, 0.05) is 44.9 Å². The molecule has 0 aromatic carbocycles. The average Bonchev–Trinajstić information content (AvgIpc) is 2.89. The second kappa shape index (κ2) is 6.66. The molecule has 0 bridgehead atoms. The summed E-state index contributed by atoms with van der Waals surface area (Å²) < 4.78 is 36.9. The predicted molar refractivity (Wildman–Crippen MR) is 84.4 cm³/mol. The number of nitrogens with one attached hydrogen (secondary N) is 1. The minimum Gasteiger partial charge on any atom is -0.381 e. The van der Waals surface area contributed by atoms with Crippen LogP contribution >= 0.6 is 0 Å². The first kappa shape index (κ1) is 17.1. The lowest BCUT2D eigenvalue weighted by Gasteiger charge is -2.38. The van der Waals surface area contributed by atoms with Crippen LogP contribution in [-0.2, 0) is 24.3 Å². The van der Waals surface area contributed by atoms with Crippen LogP contribution in [0.5, 0.6) is 0 Å². The Balaban J connectivity index is 1.60. The van der Waals surface area contributed by atoms with Crippen molar-refractivity contribution in [3.05, 3.63) is 0 Å². The first-order chi connectivity index (χ1) is 10.9. The quantitative estimate of drug-likeness (QED) is 0.784. The van der Waals surface area contributed by atoms with Gasteiger partial charge in [-0.3, -0.25) is 4.79 Å². The molecule has 0 aliphatic carbocycles. The van der Waals surface area contributed by atoms with Crippen LogP contribution in [0.15, 0.2) is 0 Å². The highest BCUT2D eigenvalue weighted by atomic mass is 32.2. The Morgan fingerprint density at radius 3 is 2.65 bits per heavy atom. The monoisotopic (exact) mass is 346 g/mol. The number of likely N-dealkylation sites (tertiary alicyclic amines) is 1. The summed E-state index contributed by atoms with van der Waals surface area (Å²) in [6.45, 7) is 3.12. The summed E-state index contributed by atoms with van der Waals surface area (Å²) in [5.41, 5.74) is -0.387. The molecule has 8 heteroatoms. The van der Waals surface area contributed by atoms with E-state index in [0.717, 1.165) is 19.3 Å². The molecule has 0 aromatic rings. The fourth-order valence-corrected chi connectivity index (χ4v) is 4.76. The summed E-state index contributed by atoms with van der Waals surface area (Å²) in [4.78, 5) is 14.5. The summed E-state index contributed by atoms with van der Waals surface area (Å²) >= 11 is 0. The number of rotatable bonds is 3. The molecule has 0 aromatic heterocycles. The molecule has 3 rings (SSSR count). The molecule has 1 N–H and O–H groups in total. The van der Waals surface area contributed by atoms with Crippen molar-refractivity contribution in [1.29, 1.82) is 0 Å². The summed E-state index contributed by atoms with van der Waals surface area (Å²) in [5, 5.41) is 0. The maximum absolute atomic E-state index is 12.6. The summed E-state index contributed by atoms with van der Waals surface area (Å²) in [7, 11) is -3.22. The number of sulfonamides is 1. The molecule has 0 saturated carbocycles. The van der Waals surface area contributed by atoms with Crippen molar-refractivity contribution in [3.63, 3.8) is 0 Å². The Hall–Kier alpha value is -0.700. The van der Waals surface area contributed by atoms with E-state index in [1.54, 1.807) is 0 Å². The molecule has 3 aliphatic rings. The Bertz CT molecular complexity index is 546. The van der Waals surface area contributed by atoms with Gasteiger partial charge < -0.3 is 14.4 Å². The normalized spacial score (nSPS) is 33.3. The third-order valence-corrected chi connectivity index (χ3v) is 5.83. The lowest BCUT2D eigenvalue weighted by Crippen LogP contribution is -2.50. The predicted octanol–water partition coefficient (Wildman–Crippen LogP) is 0.112. The van der Waals surface area contributed by atoms with Crippen LogP contribution in [0.1, 0.15) is 32.1 Å². The first-order valence-corrected chi connectivity index (χ1v) is 10.2. The van der Waals surface area contributed by atoms with Crippen molar-refractivity contribution in [2.24, 2.45) is 5.92 Å². The molecule has 3 heterocycles. The number of amides is 1. The standard InChI is InChI=1S/C15H26N2O5S/c1-23(19,20)16-13-4-9-22-15(10-13)5-6-17(11-15)14(18)12-2-7-21-8-3-12/h12-13,16H,2-11H2,1H3/t13-,15+/m0/s1. The van der Waals surface area contributed by atoms with Gasteiger partial charge in [0.25, 0.3) is 0 Å². The molecule has 1 amide bonds. The molecular weight excluding hydrogens is 320 g/mol. The number of carbonyl (C=O) groups is 1. The number of hydrogen-bond donors (Lipinski definition) is 1. The Labute approximate surface area is 137 Å². The highest BCUT2D eigenvalue weighted by Gasteiger charge is 2.46. The van der Waals surface area contributed by atoms with Gasteiger partial charge in [-0.2, -0.15) is 0 Å². The first-order valence-electron chi connectivity index (χ1n) is 8.35. The van der Waals surface area contributed by atoms with E-state index in [-0.39, 0.29) is 23.5 Å². The smallest absolute Gasteiger partial charge is 0.225 e. The van der Waals surface area contributed by atoms with Crippen LogP contribution < -0.4 is 4.72 Å². The zero-order valence-corrected chi connectivity index (χ0v) is 14.4. The molecule has 1 spiro atoms. The summed E-state index contributed by atoms with van der Waals surface area (Å²) in [6.07, 6.45) is 4.87. The van der Waals surface area contributed by atoms with Crippen molar-refractivity contribution in [2.45, 2.75) is 43.7 Å². The van der Waals surface area contributed by atoms with Gasteiger partial charge in [-0.25, -0.2) is 13.1 Å². The second-order valence-corrected chi connectivity index (χ2v) is 8.79. The maximum Gasteiger partial charge on any atom is 0.225 e. The lowest BCUT2D eigenvalue weighted by molar-refractivity contribution is -0.140. The molecule has 3 saturated heterocycles. The molecule has 23 heavy (non-hydrogen) atoms. The Morgan fingerprint density at radius 2 is 1.96 bits per heavy atom. The molecule has 7 nitrogen and oxygen atoms in total. The highest BCUT2D eigenvalue weighted by molar-refractivity contribution is 7.88. The van der Waals surface area contributed by atoms with Crippen molar-refractivity contribution in [3.8, 4) is 0 Å². The largest absolute Gasteiger partial charge is 0.381 e. The van der Waals surface area contributed by atoms with Crippen LogP contribution in [0.4, 0.5) is 0 Å². The fraction of sp³-hybridized carbons (Fsp3) is 0.933. The molecule has 3 fully saturated rings. The van der Waals surface area contributed by atoms with Gasteiger partial charge in [-0.05, 0) is 32.1 Å². The molecule has 2 atom stereocenters.